The van der Waals surface area contributed by atoms with E-state index in [1.807, 2.05) is 72.8 Å². The maximum atomic E-state index is 16.3. The number of hydrogen-bond acceptors (Lipinski definition) is 3. The summed E-state index contributed by atoms with van der Waals surface area (Å²) in [6.07, 6.45) is 3.47. The minimum absolute atomic E-state index is 0.418. The SMILES string of the molecule is CC1(C)c2cccc(-c3ccc4c5c3cccc5c3n4B(F)[n+]4ccccc4N=3)c2Oc2c(-c3ccc4c5c3cccc5c3n4B(F)[n+]4ccccc4N=3)cccc21. The van der Waals surface area contributed by atoms with Gasteiger partial charge < -0.3 is 4.74 Å². The Morgan fingerprint density at radius 3 is 1.43 bits per heavy atom. The van der Waals surface area contributed by atoms with Gasteiger partial charge in [0.25, 0.3) is 0 Å². The third-order valence-corrected chi connectivity index (χ3v) is 12.7. The minimum atomic E-state index is -1.43. The molecule has 0 aliphatic carbocycles. The first kappa shape index (κ1) is 32.0. The molecular weight excluding hydrogens is 724 g/mol. The molecule has 10 aromatic rings. The van der Waals surface area contributed by atoms with Gasteiger partial charge in [0.1, 0.15) is 11.5 Å². The zero-order valence-electron chi connectivity index (χ0n) is 31.4. The van der Waals surface area contributed by atoms with Gasteiger partial charge in [-0.3, -0.25) is 17.6 Å². The Morgan fingerprint density at radius 1 is 0.500 bits per heavy atom. The van der Waals surface area contributed by atoms with Crippen molar-refractivity contribution < 1.29 is 22.3 Å². The largest absolute Gasteiger partial charge is 0.727 e. The summed E-state index contributed by atoms with van der Waals surface area (Å²) in [7, 11) is -2.86. The van der Waals surface area contributed by atoms with Crippen LogP contribution in [-0.2, 0) is 5.41 Å². The zero-order chi connectivity index (χ0) is 38.6. The van der Waals surface area contributed by atoms with E-state index in [1.165, 1.54) is 0 Å². The van der Waals surface area contributed by atoms with Gasteiger partial charge in [-0.05, 0) is 68.3 Å². The molecule has 0 unspecified atom stereocenters. The molecule has 0 atom stereocenters. The van der Waals surface area contributed by atoms with Crippen molar-refractivity contribution in [3.8, 4) is 33.8 Å². The Bertz CT molecular complexity index is 3360. The standard InChI is InChI=1S/C47H30B2F2N6O/c1-47(2)35-17-9-13-31(27-21-23-37-41-29(27)11-7-15-33(41)45-52-39-19-3-5-25-54(39)48(50)56(37)45)43(35)58-44-32(14-10-18-36(44)47)28-22-24-38-42-30(28)12-8-16-34(42)46-53-40-20-4-6-26-55(40)49(51)57(38)46/h3-26H,1-2H3/q+2. The van der Waals surface area contributed by atoms with Crippen LogP contribution in [0, 0.1) is 0 Å². The molecule has 0 spiro atoms. The Kier molecular flexibility index (Phi) is 6.09. The Morgan fingerprint density at radius 2 is 0.948 bits per heavy atom. The lowest BCUT2D eigenvalue weighted by Gasteiger charge is -2.36. The van der Waals surface area contributed by atoms with Gasteiger partial charge in [0.2, 0.25) is 11.0 Å². The monoisotopic (exact) mass is 754 g/mol. The molecule has 0 amide bonds. The van der Waals surface area contributed by atoms with Gasteiger partial charge in [-0.2, -0.15) is 0 Å². The number of pyridine rings is 2. The lowest BCUT2D eigenvalue weighted by molar-refractivity contribution is -0.536. The van der Waals surface area contributed by atoms with E-state index in [9.17, 15) is 0 Å². The molecule has 58 heavy (non-hydrogen) atoms. The molecule has 13 rings (SSSR count). The Balaban J connectivity index is 1.01. The third kappa shape index (κ3) is 3.93. The average molecular weight is 754 g/mol. The second-order valence-corrected chi connectivity index (χ2v) is 16.0. The summed E-state index contributed by atoms with van der Waals surface area (Å²) in [4.78, 5) is 9.87. The van der Waals surface area contributed by atoms with Crippen LogP contribution < -0.4 is 24.7 Å². The van der Waals surface area contributed by atoms with Crippen LogP contribution in [0.4, 0.5) is 20.3 Å². The summed E-state index contributed by atoms with van der Waals surface area (Å²) < 4.78 is 46.4. The van der Waals surface area contributed by atoms with E-state index in [-0.39, 0.29) is 0 Å². The van der Waals surface area contributed by atoms with Crippen molar-refractivity contribution in [2.24, 2.45) is 9.98 Å². The molecule has 0 N–H and O–H groups in total. The lowest BCUT2D eigenvalue weighted by atomic mass is 9.73. The molecule has 0 bridgehead atoms. The topological polar surface area (TPSA) is 51.6 Å². The number of nitrogens with zero attached hydrogens (tertiary/aromatic N) is 6. The second kappa shape index (κ2) is 11.0. The van der Waals surface area contributed by atoms with E-state index in [2.05, 4.69) is 74.5 Å². The molecule has 0 saturated carbocycles. The fourth-order valence-corrected chi connectivity index (χ4v) is 10.0. The van der Waals surface area contributed by atoms with E-state index < -0.39 is 19.9 Å². The van der Waals surface area contributed by atoms with Crippen LogP contribution in [-0.4, -0.2) is 23.5 Å². The number of para-hydroxylation sites is 2. The van der Waals surface area contributed by atoms with E-state index in [0.717, 1.165) is 88.2 Å². The number of ether oxygens (including phenoxy) is 1. The highest BCUT2D eigenvalue weighted by atomic mass is 19.1. The van der Waals surface area contributed by atoms with Gasteiger partial charge in [0.15, 0.2) is 0 Å². The van der Waals surface area contributed by atoms with Crippen molar-refractivity contribution in [2.75, 3.05) is 0 Å². The van der Waals surface area contributed by atoms with Gasteiger partial charge >= 0.3 is 26.2 Å². The van der Waals surface area contributed by atoms with E-state index in [4.69, 9.17) is 14.7 Å². The molecular formula is C47H30B2F2N6O+2. The van der Waals surface area contributed by atoms with Crippen molar-refractivity contribution in [3.63, 3.8) is 0 Å². The summed E-state index contributed by atoms with van der Waals surface area (Å²) in [6.45, 7) is 4.50. The Hall–Kier alpha value is -7.13. The maximum absolute atomic E-state index is 16.3. The summed E-state index contributed by atoms with van der Waals surface area (Å²) in [6, 6.07) is 44.4. The van der Waals surface area contributed by atoms with Gasteiger partial charge in [0, 0.05) is 61.6 Å². The smallest absolute Gasteiger partial charge is 0.455 e. The normalized spacial score (nSPS) is 14.7. The van der Waals surface area contributed by atoms with E-state index in [1.54, 1.807) is 30.3 Å². The molecule has 3 aliphatic rings. The van der Waals surface area contributed by atoms with Gasteiger partial charge in [-0.1, -0.05) is 98.8 Å². The molecule has 0 fully saturated rings. The fourth-order valence-electron chi connectivity index (χ4n) is 10.0. The molecule has 272 valence electrons. The predicted octanol–water partition coefficient (Wildman–Crippen LogP) is 8.91. The molecule has 0 radical (unpaired) electrons. The Labute approximate surface area is 330 Å². The number of hydrogen-bond donors (Lipinski definition) is 0. The van der Waals surface area contributed by atoms with E-state index >= 15 is 8.63 Å². The van der Waals surface area contributed by atoms with Crippen molar-refractivity contribution >= 4 is 69.5 Å². The van der Waals surface area contributed by atoms with Gasteiger partial charge in [-0.25, -0.2) is 8.96 Å². The number of aromatic nitrogens is 4. The van der Waals surface area contributed by atoms with Crippen LogP contribution in [0.15, 0.2) is 156 Å². The highest BCUT2D eigenvalue weighted by Crippen LogP contribution is 2.55. The molecule has 0 saturated heterocycles. The second-order valence-electron chi connectivity index (χ2n) is 16.0. The molecule has 7 nitrogen and oxygen atoms in total. The first-order valence-corrected chi connectivity index (χ1v) is 19.5. The minimum Gasteiger partial charge on any atom is -0.455 e. The molecule has 6 aromatic carbocycles. The summed E-state index contributed by atoms with van der Waals surface area (Å²) in [5.74, 6) is 2.74. The van der Waals surface area contributed by atoms with Crippen molar-refractivity contribution in [3.05, 3.63) is 168 Å². The van der Waals surface area contributed by atoms with Crippen molar-refractivity contribution in [1.82, 2.24) is 8.96 Å². The van der Waals surface area contributed by atoms with Crippen LogP contribution in [0.2, 0.25) is 0 Å². The van der Waals surface area contributed by atoms with Crippen LogP contribution in [0.5, 0.6) is 11.5 Å². The third-order valence-electron chi connectivity index (χ3n) is 12.7. The zero-order valence-corrected chi connectivity index (χ0v) is 31.4. The van der Waals surface area contributed by atoms with Crippen molar-refractivity contribution in [2.45, 2.75) is 19.3 Å². The van der Waals surface area contributed by atoms with Crippen molar-refractivity contribution in [1.29, 1.82) is 0 Å². The lowest BCUT2D eigenvalue weighted by Crippen LogP contribution is -2.58. The highest BCUT2D eigenvalue weighted by molar-refractivity contribution is 6.43. The van der Waals surface area contributed by atoms with Crippen LogP contribution in [0.3, 0.4) is 0 Å². The first-order chi connectivity index (χ1) is 28.4. The van der Waals surface area contributed by atoms with Gasteiger partial charge in [0.05, 0.1) is 23.2 Å². The predicted molar refractivity (Wildman–Crippen MR) is 223 cm³/mol. The average Bonchev–Trinajstić information content (AvgIpc) is 3.75. The number of benzene rings is 6. The number of rotatable bonds is 2. The van der Waals surface area contributed by atoms with Crippen LogP contribution >= 0.6 is 0 Å². The summed E-state index contributed by atoms with van der Waals surface area (Å²) >= 11 is 0. The van der Waals surface area contributed by atoms with E-state index in [0.29, 0.717) is 22.6 Å². The number of halogens is 2. The highest BCUT2D eigenvalue weighted by Gasteiger charge is 2.42. The summed E-state index contributed by atoms with van der Waals surface area (Å²) in [5.41, 5.74) is 8.45. The van der Waals surface area contributed by atoms with Crippen LogP contribution in [0.25, 0.3) is 65.6 Å². The van der Waals surface area contributed by atoms with Gasteiger partial charge in [-0.15, -0.1) is 0 Å². The maximum Gasteiger partial charge on any atom is 0.727 e. The fraction of sp³-hybridized carbons (Fsp3) is 0.0638. The molecule has 4 aromatic heterocycles. The first-order valence-electron chi connectivity index (χ1n) is 19.5. The molecule has 3 aliphatic heterocycles. The summed E-state index contributed by atoms with van der Waals surface area (Å²) in [5, 5.41) is 5.74. The van der Waals surface area contributed by atoms with Crippen LogP contribution in [0.1, 0.15) is 25.0 Å². The molecule has 11 heteroatoms. The number of fused-ring (bicyclic) bond motifs is 10. The molecule has 7 heterocycles. The quantitative estimate of drug-likeness (QED) is 0.163.